The molecule has 2 amide bonds. The second-order valence-electron chi connectivity index (χ2n) is 5.92. The third kappa shape index (κ3) is 5.68. The third-order valence-corrected chi connectivity index (χ3v) is 4.41. The fourth-order valence-electron chi connectivity index (χ4n) is 2.79. The van der Waals surface area contributed by atoms with Gasteiger partial charge in [-0.1, -0.05) is 17.7 Å². The second-order valence-corrected chi connectivity index (χ2v) is 6.33. The van der Waals surface area contributed by atoms with Crippen LogP contribution < -0.4 is 16.0 Å². The molecule has 8 nitrogen and oxygen atoms in total. The number of piperidine rings is 1. The summed E-state index contributed by atoms with van der Waals surface area (Å²) in [7, 11) is 0. The van der Waals surface area contributed by atoms with Gasteiger partial charge in [-0.25, -0.2) is 0 Å². The lowest BCUT2D eigenvalue weighted by atomic mass is 9.96. The number of hydrogen-bond donors (Lipinski definition) is 3. The number of nitrogens with one attached hydrogen (secondary N) is 3. The van der Waals surface area contributed by atoms with Crippen LogP contribution in [0.1, 0.15) is 29.6 Å². The summed E-state index contributed by atoms with van der Waals surface area (Å²) in [5.41, 5.74) is -0.634. The largest absolute Gasteiger partial charge is 0.355 e. The zero-order valence-corrected chi connectivity index (χ0v) is 14.5. The Balaban J connectivity index is 1.79. The summed E-state index contributed by atoms with van der Waals surface area (Å²) in [6.07, 6.45) is 3.17. The van der Waals surface area contributed by atoms with E-state index >= 15 is 0 Å². The number of benzene rings is 1. The molecule has 1 aliphatic rings. The lowest BCUT2D eigenvalue weighted by Gasteiger charge is -2.22. The average molecular weight is 369 g/mol. The average Bonchev–Trinajstić information content (AvgIpc) is 2.60. The van der Waals surface area contributed by atoms with Crippen LogP contribution in [0.25, 0.3) is 0 Å². The summed E-state index contributed by atoms with van der Waals surface area (Å²) in [5.74, 6) is -0.537. The molecule has 1 aromatic carbocycles. The van der Waals surface area contributed by atoms with Crippen LogP contribution in [-0.2, 0) is 4.79 Å². The van der Waals surface area contributed by atoms with Crippen LogP contribution >= 0.6 is 11.6 Å². The van der Waals surface area contributed by atoms with E-state index in [2.05, 4.69) is 16.0 Å². The summed E-state index contributed by atoms with van der Waals surface area (Å²) >= 11 is 5.88. The maximum absolute atomic E-state index is 12.1. The number of nitro groups is 1. The first kappa shape index (κ1) is 19.1. The first-order valence-electron chi connectivity index (χ1n) is 8.17. The second kappa shape index (κ2) is 9.33. The smallest absolute Gasteiger partial charge is 0.283 e. The van der Waals surface area contributed by atoms with Gasteiger partial charge in [0.1, 0.15) is 5.56 Å². The van der Waals surface area contributed by atoms with Crippen molar-refractivity contribution in [1.29, 1.82) is 0 Å². The van der Waals surface area contributed by atoms with Crippen molar-refractivity contribution in [2.45, 2.75) is 19.3 Å². The summed E-state index contributed by atoms with van der Waals surface area (Å²) in [5, 5.41) is 19.4. The number of amides is 2. The van der Waals surface area contributed by atoms with E-state index in [0.717, 1.165) is 32.4 Å². The van der Waals surface area contributed by atoms with Crippen molar-refractivity contribution in [3.63, 3.8) is 0 Å². The van der Waals surface area contributed by atoms with Crippen LogP contribution in [0.15, 0.2) is 18.2 Å². The highest BCUT2D eigenvalue weighted by molar-refractivity contribution is 6.34. The number of rotatable bonds is 7. The molecule has 0 bridgehead atoms. The van der Waals surface area contributed by atoms with Crippen LogP contribution in [0, 0.1) is 16.0 Å². The number of carbonyl (C=O) groups excluding carboxylic acids is 2. The van der Waals surface area contributed by atoms with Crippen molar-refractivity contribution >= 4 is 29.1 Å². The van der Waals surface area contributed by atoms with Crippen LogP contribution in [0.3, 0.4) is 0 Å². The van der Waals surface area contributed by atoms with Crippen molar-refractivity contribution in [2.75, 3.05) is 26.2 Å². The van der Waals surface area contributed by atoms with Gasteiger partial charge in [0.05, 0.1) is 16.5 Å². The molecule has 0 spiro atoms. The first-order valence-corrected chi connectivity index (χ1v) is 8.55. The van der Waals surface area contributed by atoms with E-state index in [4.69, 9.17) is 11.6 Å². The predicted octanol–water partition coefficient (Wildman–Crippen LogP) is 1.48. The van der Waals surface area contributed by atoms with E-state index in [1.807, 2.05) is 0 Å². The van der Waals surface area contributed by atoms with Gasteiger partial charge in [0.25, 0.3) is 11.6 Å². The third-order valence-electron chi connectivity index (χ3n) is 4.10. The molecule has 9 heteroatoms. The fourth-order valence-corrected chi connectivity index (χ4v) is 3.04. The highest BCUT2D eigenvalue weighted by Gasteiger charge is 2.23. The van der Waals surface area contributed by atoms with E-state index in [9.17, 15) is 19.7 Å². The van der Waals surface area contributed by atoms with Crippen molar-refractivity contribution < 1.29 is 14.5 Å². The van der Waals surface area contributed by atoms with Crippen LogP contribution in [0.5, 0.6) is 0 Å². The van der Waals surface area contributed by atoms with Crippen LogP contribution in [0.4, 0.5) is 5.69 Å². The Morgan fingerprint density at radius 3 is 2.84 bits per heavy atom. The van der Waals surface area contributed by atoms with Gasteiger partial charge in [-0.3, -0.25) is 19.7 Å². The molecule has 1 atom stereocenters. The Morgan fingerprint density at radius 2 is 2.16 bits per heavy atom. The van der Waals surface area contributed by atoms with Gasteiger partial charge in [-0.15, -0.1) is 0 Å². The minimum absolute atomic E-state index is 0.0306. The number of carbonyl (C=O) groups is 2. The predicted molar refractivity (Wildman–Crippen MR) is 93.7 cm³/mol. The van der Waals surface area contributed by atoms with Gasteiger partial charge in [-0.2, -0.15) is 0 Å². The number of halogens is 1. The Kier molecular flexibility index (Phi) is 7.15. The lowest BCUT2D eigenvalue weighted by molar-refractivity contribution is -0.385. The zero-order valence-electron chi connectivity index (χ0n) is 13.7. The Hall–Kier alpha value is -2.19. The maximum Gasteiger partial charge on any atom is 0.283 e. The van der Waals surface area contributed by atoms with E-state index in [-0.39, 0.29) is 23.0 Å². The molecule has 0 radical (unpaired) electrons. The topological polar surface area (TPSA) is 113 Å². The molecule has 1 aromatic rings. The molecule has 0 saturated carbocycles. The molecule has 0 aliphatic carbocycles. The van der Waals surface area contributed by atoms with Gasteiger partial charge in [0.2, 0.25) is 5.91 Å². The molecule has 1 fully saturated rings. The molecule has 136 valence electrons. The van der Waals surface area contributed by atoms with E-state index in [1.165, 1.54) is 18.2 Å². The van der Waals surface area contributed by atoms with Crippen molar-refractivity contribution in [2.24, 2.45) is 5.92 Å². The number of nitro benzene ring substituents is 1. The standard InChI is InChI=1S/C16H21ClN4O4/c17-12-4-1-5-13(21(24)25)15(12)16(23)20-10-14(22)19-8-6-11-3-2-7-18-9-11/h1,4-5,11,18H,2-3,6-10H2,(H,19,22)(H,20,23). The summed E-state index contributed by atoms with van der Waals surface area (Å²) in [6.45, 7) is 2.28. The zero-order chi connectivity index (χ0) is 18.2. The molecule has 1 aliphatic heterocycles. The van der Waals surface area contributed by atoms with Crippen LogP contribution in [0.2, 0.25) is 5.02 Å². The molecule has 1 heterocycles. The lowest BCUT2D eigenvalue weighted by Crippen LogP contribution is -2.39. The molecule has 25 heavy (non-hydrogen) atoms. The molecule has 2 rings (SSSR count). The quantitative estimate of drug-likeness (QED) is 0.498. The highest BCUT2D eigenvalue weighted by Crippen LogP contribution is 2.25. The normalized spacial score (nSPS) is 16.9. The Bertz CT molecular complexity index is 647. The van der Waals surface area contributed by atoms with Gasteiger partial charge < -0.3 is 16.0 Å². The van der Waals surface area contributed by atoms with Gasteiger partial charge in [-0.05, 0) is 44.3 Å². The van der Waals surface area contributed by atoms with Gasteiger partial charge in [0.15, 0.2) is 0 Å². The fraction of sp³-hybridized carbons (Fsp3) is 0.500. The summed E-state index contributed by atoms with van der Waals surface area (Å²) < 4.78 is 0. The van der Waals surface area contributed by atoms with Gasteiger partial charge >= 0.3 is 0 Å². The molecular formula is C16H21ClN4O4. The minimum Gasteiger partial charge on any atom is -0.355 e. The molecule has 1 unspecified atom stereocenters. The van der Waals surface area contributed by atoms with Crippen molar-refractivity contribution in [1.82, 2.24) is 16.0 Å². The van der Waals surface area contributed by atoms with Crippen molar-refractivity contribution in [3.8, 4) is 0 Å². The number of nitrogens with zero attached hydrogens (tertiary/aromatic N) is 1. The Labute approximate surface area is 150 Å². The highest BCUT2D eigenvalue weighted by atomic mass is 35.5. The molecule has 3 N–H and O–H groups in total. The SMILES string of the molecule is O=C(CNC(=O)c1c(Cl)cccc1[N+](=O)[O-])NCCC1CCCNC1. The Morgan fingerprint density at radius 1 is 1.36 bits per heavy atom. The molecule has 1 saturated heterocycles. The van der Waals surface area contributed by atoms with Gasteiger partial charge in [0, 0.05) is 12.6 Å². The van der Waals surface area contributed by atoms with Crippen molar-refractivity contribution in [3.05, 3.63) is 38.9 Å². The van der Waals surface area contributed by atoms with E-state index in [1.54, 1.807) is 0 Å². The van der Waals surface area contributed by atoms with E-state index in [0.29, 0.717) is 12.5 Å². The monoisotopic (exact) mass is 368 g/mol. The molecular weight excluding hydrogens is 348 g/mol. The summed E-state index contributed by atoms with van der Waals surface area (Å²) in [6, 6.07) is 3.98. The summed E-state index contributed by atoms with van der Waals surface area (Å²) in [4.78, 5) is 34.3. The number of hydrogen-bond acceptors (Lipinski definition) is 5. The minimum atomic E-state index is -0.746. The van der Waals surface area contributed by atoms with E-state index < -0.39 is 16.5 Å². The molecule has 0 aromatic heterocycles. The first-order chi connectivity index (χ1) is 12.0. The maximum atomic E-state index is 12.1. The van der Waals surface area contributed by atoms with Crippen LogP contribution in [-0.4, -0.2) is 42.9 Å².